The van der Waals surface area contributed by atoms with Crippen molar-refractivity contribution in [1.82, 2.24) is 5.32 Å². The highest BCUT2D eigenvalue weighted by Gasteiger charge is 2.20. The van der Waals surface area contributed by atoms with E-state index >= 15 is 0 Å². The van der Waals surface area contributed by atoms with E-state index in [1.165, 1.54) is 6.92 Å². The third-order valence-corrected chi connectivity index (χ3v) is 2.74. The minimum absolute atomic E-state index is 0.134. The largest absolute Gasteiger partial charge is 0.349 e. The molecule has 0 spiro atoms. The molecule has 0 fully saturated rings. The second kappa shape index (κ2) is 7.47. The second-order valence-corrected chi connectivity index (χ2v) is 5.29. The zero-order valence-corrected chi connectivity index (χ0v) is 11.2. The minimum atomic E-state index is -0.140. The number of hydrogen-bond acceptors (Lipinski definition) is 2. The van der Waals surface area contributed by atoms with Crippen molar-refractivity contribution in [2.75, 3.05) is 6.54 Å². The highest BCUT2D eigenvalue weighted by atomic mass is 16.2. The quantitative estimate of drug-likeness (QED) is 0.675. The molecule has 0 aliphatic rings. The number of ketones is 1. The minimum Gasteiger partial charge on any atom is -0.349 e. The van der Waals surface area contributed by atoms with E-state index in [2.05, 4.69) is 32.8 Å². The Bertz CT molecular complexity index is 239. The van der Waals surface area contributed by atoms with Crippen molar-refractivity contribution in [3.63, 3.8) is 0 Å². The van der Waals surface area contributed by atoms with Gasteiger partial charge in [-0.2, -0.15) is 0 Å². The van der Waals surface area contributed by atoms with Crippen LogP contribution >= 0.6 is 0 Å². The molecule has 0 aliphatic carbocycles. The molecular formula is C12H24BNO2. The monoisotopic (exact) mass is 225 g/mol. The molecule has 3 nitrogen and oxygen atoms in total. The van der Waals surface area contributed by atoms with Crippen LogP contribution in [0.1, 0.15) is 33.6 Å². The van der Waals surface area contributed by atoms with Crippen LogP contribution in [-0.2, 0) is 9.59 Å². The Kier molecular flexibility index (Phi) is 7.10. The van der Waals surface area contributed by atoms with Gasteiger partial charge >= 0.3 is 0 Å². The van der Waals surface area contributed by atoms with Crippen LogP contribution in [0, 0.1) is 5.92 Å². The summed E-state index contributed by atoms with van der Waals surface area (Å²) in [7, 11) is 0. The maximum absolute atomic E-state index is 11.6. The van der Waals surface area contributed by atoms with Gasteiger partial charge in [0, 0.05) is 13.3 Å². The number of carbonyl (C=O) groups is 2. The molecule has 16 heavy (non-hydrogen) atoms. The Balaban J connectivity index is 4.08. The maximum Gasteiger partial charge on any atom is 0.217 e. The van der Waals surface area contributed by atoms with Crippen molar-refractivity contribution in [3.05, 3.63) is 0 Å². The molecule has 4 heteroatoms. The number of amides is 1. The fraction of sp³-hybridized carbons (Fsp3) is 0.833. The van der Waals surface area contributed by atoms with Crippen molar-refractivity contribution >= 4 is 18.4 Å². The topological polar surface area (TPSA) is 46.2 Å². The van der Waals surface area contributed by atoms with Crippen molar-refractivity contribution in [2.45, 2.75) is 53.1 Å². The van der Waals surface area contributed by atoms with Crippen molar-refractivity contribution in [3.8, 4) is 0 Å². The lowest BCUT2D eigenvalue weighted by molar-refractivity contribution is -0.124. The molecule has 0 bridgehead atoms. The summed E-state index contributed by atoms with van der Waals surface area (Å²) in [4.78, 5) is 22.3. The van der Waals surface area contributed by atoms with Crippen LogP contribution in [0.3, 0.4) is 0 Å². The van der Waals surface area contributed by atoms with Gasteiger partial charge in [0.15, 0.2) is 5.78 Å². The smallest absolute Gasteiger partial charge is 0.217 e. The molecule has 0 saturated heterocycles. The molecule has 0 rings (SSSR count). The average Bonchev–Trinajstić information content (AvgIpc) is 2.12. The summed E-state index contributed by atoms with van der Waals surface area (Å²) in [5.74, 6) is 1.04. The van der Waals surface area contributed by atoms with Crippen LogP contribution in [0.4, 0.5) is 0 Å². The van der Waals surface area contributed by atoms with Gasteiger partial charge in [0.05, 0.1) is 6.54 Å². The summed E-state index contributed by atoms with van der Waals surface area (Å²) in [5.41, 5.74) is 0. The Morgan fingerprint density at radius 3 is 2.19 bits per heavy atom. The fourth-order valence-corrected chi connectivity index (χ4v) is 1.78. The van der Waals surface area contributed by atoms with Gasteiger partial charge in [0.2, 0.25) is 5.91 Å². The molecule has 1 atom stereocenters. The highest BCUT2D eigenvalue weighted by Crippen LogP contribution is 2.24. The van der Waals surface area contributed by atoms with Crippen molar-refractivity contribution in [2.24, 2.45) is 5.92 Å². The molecule has 0 saturated carbocycles. The highest BCUT2D eigenvalue weighted by molar-refractivity contribution is 6.57. The van der Waals surface area contributed by atoms with E-state index in [4.69, 9.17) is 0 Å². The molecule has 0 aromatic carbocycles. The summed E-state index contributed by atoms with van der Waals surface area (Å²) in [6.07, 6.45) is 1.65. The van der Waals surface area contributed by atoms with Gasteiger partial charge in [-0.15, -0.1) is 0 Å². The molecule has 0 aromatic rings. The van der Waals surface area contributed by atoms with Crippen LogP contribution in [0.25, 0.3) is 0 Å². The number of carbonyl (C=O) groups excluding carboxylic acids is 2. The standard InChI is InChI=1S/C12H24BNO2/c1-9(2)6-11(13(4)5)7-12(16)8-14-10(3)15/h9,11H,6-8H2,1-5H3,(H,14,15)/t11-/m1/s1. The van der Waals surface area contributed by atoms with E-state index in [1.54, 1.807) is 0 Å². The lowest BCUT2D eigenvalue weighted by Gasteiger charge is -2.20. The maximum atomic E-state index is 11.6. The Morgan fingerprint density at radius 1 is 1.25 bits per heavy atom. The first kappa shape index (κ1) is 15.2. The summed E-state index contributed by atoms with van der Waals surface area (Å²) in [6.45, 7) is 10.8. The lowest BCUT2D eigenvalue weighted by Crippen LogP contribution is -2.29. The predicted octanol–water partition coefficient (Wildman–Crippen LogP) is 2.25. The van der Waals surface area contributed by atoms with Crippen LogP contribution in [-0.4, -0.2) is 24.9 Å². The predicted molar refractivity (Wildman–Crippen MR) is 69.0 cm³/mol. The summed E-state index contributed by atoms with van der Waals surface area (Å²) in [6, 6.07) is 0. The van der Waals surface area contributed by atoms with E-state index < -0.39 is 0 Å². The van der Waals surface area contributed by atoms with Gasteiger partial charge in [-0.05, 0) is 5.92 Å². The van der Waals surface area contributed by atoms with Gasteiger partial charge in [-0.3, -0.25) is 9.59 Å². The van der Waals surface area contributed by atoms with E-state index in [0.29, 0.717) is 24.9 Å². The van der Waals surface area contributed by atoms with Crippen molar-refractivity contribution in [1.29, 1.82) is 0 Å². The third-order valence-electron chi connectivity index (χ3n) is 2.74. The Hall–Kier alpha value is -0.795. The first-order valence-electron chi connectivity index (χ1n) is 6.09. The van der Waals surface area contributed by atoms with Gasteiger partial charge in [-0.25, -0.2) is 0 Å². The van der Waals surface area contributed by atoms with Gasteiger partial charge in [0.25, 0.3) is 0 Å². The zero-order valence-electron chi connectivity index (χ0n) is 11.2. The van der Waals surface area contributed by atoms with E-state index in [-0.39, 0.29) is 18.2 Å². The van der Waals surface area contributed by atoms with E-state index in [1.807, 2.05) is 0 Å². The number of nitrogens with one attached hydrogen (secondary N) is 1. The fourth-order valence-electron chi connectivity index (χ4n) is 1.78. The summed E-state index contributed by atoms with van der Waals surface area (Å²) >= 11 is 0. The summed E-state index contributed by atoms with van der Waals surface area (Å²) < 4.78 is 0. The molecule has 1 amide bonds. The number of Topliss-reactive ketones (excluding diaryl/α,β-unsaturated/α-hetero) is 1. The van der Waals surface area contributed by atoms with Gasteiger partial charge in [-0.1, -0.05) is 39.7 Å². The van der Waals surface area contributed by atoms with E-state index in [9.17, 15) is 9.59 Å². The molecule has 0 radical (unpaired) electrons. The van der Waals surface area contributed by atoms with Crippen molar-refractivity contribution < 1.29 is 9.59 Å². The molecule has 0 aromatic heterocycles. The van der Waals surface area contributed by atoms with Crippen LogP contribution in [0.15, 0.2) is 0 Å². The second-order valence-electron chi connectivity index (χ2n) is 5.29. The number of rotatable bonds is 7. The third kappa shape index (κ3) is 7.49. The van der Waals surface area contributed by atoms with E-state index in [0.717, 1.165) is 6.42 Å². The lowest BCUT2D eigenvalue weighted by atomic mass is 9.42. The van der Waals surface area contributed by atoms with Crippen LogP contribution in [0.5, 0.6) is 0 Å². The Morgan fingerprint density at radius 2 is 1.81 bits per heavy atom. The SMILES string of the molecule is CB(C)[C@@H](CC(=O)CNC(C)=O)CC(C)C. The first-order valence-corrected chi connectivity index (χ1v) is 6.09. The van der Waals surface area contributed by atoms with Gasteiger partial charge < -0.3 is 5.32 Å². The summed E-state index contributed by atoms with van der Waals surface area (Å²) in [5, 5.41) is 2.55. The average molecular weight is 225 g/mol. The Labute approximate surface area is 99.4 Å². The molecule has 1 N–H and O–H groups in total. The normalized spacial score (nSPS) is 12.4. The van der Waals surface area contributed by atoms with Gasteiger partial charge in [0.1, 0.15) is 6.71 Å². The number of hydrogen-bond donors (Lipinski definition) is 1. The zero-order chi connectivity index (χ0) is 12.7. The molecule has 0 aliphatic heterocycles. The molecule has 0 heterocycles. The molecule has 92 valence electrons. The van der Waals surface area contributed by atoms with Crippen LogP contribution in [0.2, 0.25) is 19.5 Å². The van der Waals surface area contributed by atoms with Crippen LogP contribution < -0.4 is 5.32 Å². The molecule has 0 unspecified atom stereocenters. The first-order chi connectivity index (χ1) is 7.32. The molecular weight excluding hydrogens is 201 g/mol.